The van der Waals surface area contributed by atoms with Crippen LogP contribution < -0.4 is 5.43 Å². The molecule has 0 bridgehead atoms. The molecule has 0 fully saturated rings. The Morgan fingerprint density at radius 2 is 1.91 bits per heavy atom. The summed E-state index contributed by atoms with van der Waals surface area (Å²) in [7, 11) is 0. The highest BCUT2D eigenvalue weighted by Crippen LogP contribution is 2.14. The molecule has 2 rings (SSSR count). The fourth-order valence-electron chi connectivity index (χ4n) is 1.95. The van der Waals surface area contributed by atoms with E-state index >= 15 is 0 Å². The maximum Gasteiger partial charge on any atom is 0.271 e. The van der Waals surface area contributed by atoms with Crippen molar-refractivity contribution in [1.29, 1.82) is 0 Å². The number of hydrogen-bond acceptors (Lipinski definition) is 5. The van der Waals surface area contributed by atoms with Gasteiger partial charge in [0.2, 0.25) is 0 Å². The fourth-order valence-corrected chi connectivity index (χ4v) is 1.95. The first kappa shape index (κ1) is 16.2. The Labute approximate surface area is 132 Å². The molecule has 0 saturated carbocycles. The summed E-state index contributed by atoms with van der Waals surface area (Å²) in [5, 5.41) is 24.1. The van der Waals surface area contributed by atoms with E-state index in [4.69, 9.17) is 0 Å². The van der Waals surface area contributed by atoms with Gasteiger partial charge in [0.05, 0.1) is 10.6 Å². The van der Waals surface area contributed by atoms with Crippen LogP contribution in [0.15, 0.2) is 53.6 Å². The number of benzene rings is 2. The number of non-ortho nitro benzene ring substituents is 1. The van der Waals surface area contributed by atoms with Gasteiger partial charge >= 0.3 is 0 Å². The second-order valence-corrected chi connectivity index (χ2v) is 4.71. The average molecular weight is 313 g/mol. The third-order valence-electron chi connectivity index (χ3n) is 3.15. The normalized spacial score (nSPS) is 11.1. The molecule has 0 radical (unpaired) electrons. The summed E-state index contributed by atoms with van der Waals surface area (Å²) in [4.78, 5) is 22.2. The van der Waals surface area contributed by atoms with E-state index in [2.05, 4.69) is 10.5 Å². The minimum Gasteiger partial charge on any atom is -0.508 e. The molecule has 7 heteroatoms. The Hall–Kier alpha value is -3.22. The zero-order valence-electron chi connectivity index (χ0n) is 12.4. The van der Waals surface area contributed by atoms with Crippen LogP contribution in [0.5, 0.6) is 5.75 Å². The number of nitro benzene ring substituents is 1. The molecular formula is C16H15N3O4. The van der Waals surface area contributed by atoms with Crippen LogP contribution in [-0.4, -0.2) is 21.6 Å². The van der Waals surface area contributed by atoms with Crippen molar-refractivity contribution in [2.24, 2.45) is 5.10 Å². The van der Waals surface area contributed by atoms with Gasteiger partial charge in [-0.05, 0) is 42.3 Å². The van der Waals surface area contributed by atoms with Crippen LogP contribution in [0.25, 0.3) is 0 Å². The Kier molecular flexibility index (Phi) is 5.03. The van der Waals surface area contributed by atoms with Crippen LogP contribution in [0.4, 0.5) is 5.69 Å². The number of hydrogen-bond donors (Lipinski definition) is 2. The van der Waals surface area contributed by atoms with Gasteiger partial charge < -0.3 is 5.11 Å². The van der Waals surface area contributed by atoms with Crippen LogP contribution in [-0.2, 0) is 0 Å². The summed E-state index contributed by atoms with van der Waals surface area (Å²) in [6, 6.07) is 11.9. The van der Waals surface area contributed by atoms with Gasteiger partial charge in [-0.15, -0.1) is 0 Å². The van der Waals surface area contributed by atoms with Crippen molar-refractivity contribution in [2.45, 2.75) is 13.3 Å². The number of nitrogens with one attached hydrogen (secondary N) is 1. The summed E-state index contributed by atoms with van der Waals surface area (Å²) < 4.78 is 0. The SMILES string of the molecule is CC/C(=N/NC(=O)c1cccc([N+](=O)[O-])c1)c1ccc(O)cc1. The lowest BCUT2D eigenvalue weighted by atomic mass is 10.1. The van der Waals surface area contributed by atoms with E-state index in [-0.39, 0.29) is 17.0 Å². The number of phenolic OH excluding ortho intramolecular Hbond substituents is 1. The lowest BCUT2D eigenvalue weighted by Crippen LogP contribution is -2.20. The van der Waals surface area contributed by atoms with Crippen molar-refractivity contribution >= 4 is 17.3 Å². The average Bonchev–Trinajstić information content (AvgIpc) is 2.56. The molecule has 0 aliphatic carbocycles. The summed E-state index contributed by atoms with van der Waals surface area (Å²) in [5.74, 6) is -0.386. The second-order valence-electron chi connectivity index (χ2n) is 4.71. The first-order valence-electron chi connectivity index (χ1n) is 6.92. The lowest BCUT2D eigenvalue weighted by Gasteiger charge is -2.05. The van der Waals surface area contributed by atoms with E-state index in [1.807, 2.05) is 6.92 Å². The molecule has 2 aromatic rings. The molecular weight excluding hydrogens is 298 g/mol. The number of nitrogens with zero attached hydrogens (tertiary/aromatic N) is 2. The van der Waals surface area contributed by atoms with Gasteiger partial charge in [-0.1, -0.05) is 13.0 Å². The minimum atomic E-state index is -0.562. The zero-order valence-corrected chi connectivity index (χ0v) is 12.4. The van der Waals surface area contributed by atoms with Crippen LogP contribution in [0.3, 0.4) is 0 Å². The predicted octanol–water partition coefficient (Wildman–Crippen LogP) is 2.84. The molecule has 0 unspecified atom stereocenters. The zero-order chi connectivity index (χ0) is 16.8. The summed E-state index contributed by atoms with van der Waals surface area (Å²) in [6.45, 7) is 1.88. The van der Waals surface area contributed by atoms with Gasteiger partial charge in [-0.25, -0.2) is 5.43 Å². The van der Waals surface area contributed by atoms with Crippen molar-refractivity contribution in [3.63, 3.8) is 0 Å². The quantitative estimate of drug-likeness (QED) is 0.503. The Bertz CT molecular complexity index is 754. The molecule has 0 aromatic heterocycles. The van der Waals surface area contributed by atoms with Crippen LogP contribution in [0.2, 0.25) is 0 Å². The molecule has 0 saturated heterocycles. The van der Waals surface area contributed by atoms with Gasteiger partial charge in [0, 0.05) is 17.7 Å². The van der Waals surface area contributed by atoms with E-state index in [0.29, 0.717) is 12.1 Å². The third-order valence-corrected chi connectivity index (χ3v) is 3.15. The van der Waals surface area contributed by atoms with Gasteiger partial charge in [0.25, 0.3) is 11.6 Å². The maximum atomic E-state index is 12.0. The van der Waals surface area contributed by atoms with Gasteiger partial charge in [0.15, 0.2) is 0 Å². The summed E-state index contributed by atoms with van der Waals surface area (Å²) in [6.07, 6.45) is 0.569. The molecule has 0 aliphatic heterocycles. The first-order chi connectivity index (χ1) is 11.0. The number of rotatable bonds is 5. The molecule has 23 heavy (non-hydrogen) atoms. The highest BCUT2D eigenvalue weighted by molar-refractivity contribution is 6.02. The number of aromatic hydroxyl groups is 1. The molecule has 0 heterocycles. The second kappa shape index (κ2) is 7.17. The molecule has 0 spiro atoms. The van der Waals surface area contributed by atoms with Crippen molar-refractivity contribution in [2.75, 3.05) is 0 Å². The largest absolute Gasteiger partial charge is 0.508 e. The number of carbonyl (C=O) groups excluding carboxylic acids is 1. The molecule has 7 nitrogen and oxygen atoms in total. The van der Waals surface area contributed by atoms with Gasteiger partial charge in [0.1, 0.15) is 5.75 Å². The standard InChI is InChI=1S/C16H15N3O4/c1-2-15(11-6-8-14(20)9-7-11)17-18-16(21)12-4-3-5-13(10-12)19(22)23/h3-10,20H,2H2,1H3,(H,18,21)/b17-15-. The Morgan fingerprint density at radius 1 is 1.22 bits per heavy atom. The van der Waals surface area contributed by atoms with E-state index in [9.17, 15) is 20.0 Å². The molecule has 2 N–H and O–H groups in total. The van der Waals surface area contributed by atoms with E-state index in [1.54, 1.807) is 12.1 Å². The molecule has 2 aromatic carbocycles. The highest BCUT2D eigenvalue weighted by Gasteiger charge is 2.11. The number of carbonyl (C=O) groups is 1. The molecule has 0 aliphatic rings. The van der Waals surface area contributed by atoms with Gasteiger partial charge in [-0.2, -0.15) is 5.10 Å². The minimum absolute atomic E-state index is 0.143. The lowest BCUT2D eigenvalue weighted by molar-refractivity contribution is -0.384. The van der Waals surface area contributed by atoms with Crippen LogP contribution in [0.1, 0.15) is 29.3 Å². The third kappa shape index (κ3) is 4.13. The smallest absolute Gasteiger partial charge is 0.271 e. The highest BCUT2D eigenvalue weighted by atomic mass is 16.6. The Balaban J connectivity index is 2.16. The van der Waals surface area contributed by atoms with Gasteiger partial charge in [-0.3, -0.25) is 14.9 Å². The van der Waals surface area contributed by atoms with Crippen molar-refractivity contribution in [3.8, 4) is 5.75 Å². The number of hydrazone groups is 1. The Morgan fingerprint density at radius 3 is 2.52 bits per heavy atom. The number of nitro groups is 1. The first-order valence-corrected chi connectivity index (χ1v) is 6.92. The monoisotopic (exact) mass is 313 g/mol. The predicted molar refractivity (Wildman–Crippen MR) is 85.5 cm³/mol. The summed E-state index contributed by atoms with van der Waals surface area (Å²) in [5.41, 5.74) is 3.79. The fraction of sp³-hybridized carbons (Fsp3) is 0.125. The number of amides is 1. The van der Waals surface area contributed by atoms with Crippen molar-refractivity contribution < 1.29 is 14.8 Å². The summed E-state index contributed by atoms with van der Waals surface area (Å²) >= 11 is 0. The molecule has 118 valence electrons. The molecule has 1 amide bonds. The van der Waals surface area contributed by atoms with Crippen molar-refractivity contribution in [1.82, 2.24) is 5.43 Å². The van der Waals surface area contributed by atoms with E-state index in [1.165, 1.54) is 36.4 Å². The van der Waals surface area contributed by atoms with E-state index in [0.717, 1.165) is 5.56 Å². The van der Waals surface area contributed by atoms with E-state index < -0.39 is 10.8 Å². The topological polar surface area (TPSA) is 105 Å². The molecule has 0 atom stereocenters. The van der Waals surface area contributed by atoms with Crippen molar-refractivity contribution in [3.05, 3.63) is 69.8 Å². The maximum absolute atomic E-state index is 12.0. The number of phenols is 1. The van der Waals surface area contributed by atoms with Crippen LogP contribution >= 0.6 is 0 Å². The van der Waals surface area contributed by atoms with Crippen LogP contribution in [0, 0.1) is 10.1 Å².